The molecular formula is C4H11N3O. The van der Waals surface area contributed by atoms with Gasteiger partial charge in [0.2, 0.25) is 0 Å². The highest BCUT2D eigenvalue weighted by atomic mass is 16.3. The maximum atomic E-state index is 8.36. The molecule has 0 aliphatic carbocycles. The molecule has 48 valence electrons. The highest BCUT2D eigenvalue weighted by molar-refractivity contribution is 5.04. The maximum Gasteiger partial charge on any atom is 0.0843 e. The van der Waals surface area contributed by atoms with Crippen molar-refractivity contribution < 1.29 is 5.11 Å². The Bertz CT molecular complexity index is 87.5. The molecule has 0 aromatic carbocycles. The highest BCUT2D eigenvalue weighted by Gasteiger charge is 1.89. The Kier molecular flexibility index (Phi) is 2.98. The van der Waals surface area contributed by atoms with Gasteiger partial charge in [-0.3, -0.25) is 5.84 Å². The van der Waals surface area contributed by atoms with Crippen LogP contribution in [0, 0.1) is 0 Å². The number of hydrogen-bond donors (Lipinski definition) is 4. The maximum absolute atomic E-state index is 8.36. The first-order valence-corrected chi connectivity index (χ1v) is 2.25. The predicted octanol–water partition coefficient (Wildman–Crippen LogP) is -1.37. The molecule has 6 N–H and O–H groups in total. The van der Waals surface area contributed by atoms with Gasteiger partial charge in [-0.2, -0.15) is 0 Å². The Morgan fingerprint density at radius 3 is 2.38 bits per heavy atom. The molecule has 0 saturated heterocycles. The fourth-order valence-electron chi connectivity index (χ4n) is 0.211. The molecule has 0 aromatic heterocycles. The quantitative estimate of drug-likeness (QED) is 0.265. The minimum absolute atomic E-state index is 0.157. The zero-order valence-corrected chi connectivity index (χ0v) is 4.81. The molecule has 0 aliphatic heterocycles. The van der Waals surface area contributed by atoms with Gasteiger partial charge in [-0.25, -0.2) is 0 Å². The first-order valence-electron chi connectivity index (χ1n) is 2.25. The van der Waals surface area contributed by atoms with Gasteiger partial charge in [0.25, 0.3) is 0 Å². The molecule has 0 fully saturated rings. The highest BCUT2D eigenvalue weighted by Crippen LogP contribution is 1.87. The number of hydrogen-bond acceptors (Lipinski definition) is 4. The van der Waals surface area contributed by atoms with E-state index in [1.807, 2.05) is 0 Å². The second-order valence-electron chi connectivity index (χ2n) is 1.45. The van der Waals surface area contributed by atoms with Crippen molar-refractivity contribution in [3.05, 3.63) is 11.4 Å². The number of nitrogens with two attached hydrogens (primary N) is 2. The zero-order valence-electron chi connectivity index (χ0n) is 4.81. The molecule has 0 aromatic rings. The monoisotopic (exact) mass is 117 g/mol. The van der Waals surface area contributed by atoms with E-state index in [-0.39, 0.29) is 6.61 Å². The predicted molar refractivity (Wildman–Crippen MR) is 31.3 cm³/mol. The van der Waals surface area contributed by atoms with Gasteiger partial charge in [0.15, 0.2) is 0 Å². The topological polar surface area (TPSA) is 84.3 Å². The molecule has 4 nitrogen and oxygen atoms in total. The Morgan fingerprint density at radius 1 is 1.75 bits per heavy atom. The molecule has 0 aliphatic rings. The minimum atomic E-state index is -0.157. The lowest BCUT2D eigenvalue weighted by Crippen LogP contribution is -2.23. The largest absolute Gasteiger partial charge is 0.399 e. The van der Waals surface area contributed by atoms with Crippen molar-refractivity contribution >= 4 is 0 Å². The lowest BCUT2D eigenvalue weighted by Gasteiger charge is -2.01. The van der Waals surface area contributed by atoms with Crippen LogP contribution in [-0.4, -0.2) is 11.7 Å². The second-order valence-corrected chi connectivity index (χ2v) is 1.45. The van der Waals surface area contributed by atoms with Gasteiger partial charge in [0.1, 0.15) is 0 Å². The van der Waals surface area contributed by atoms with Crippen LogP contribution in [0.1, 0.15) is 6.92 Å². The molecular weight excluding hydrogens is 106 g/mol. The molecule has 0 unspecified atom stereocenters. The summed E-state index contributed by atoms with van der Waals surface area (Å²) in [6.45, 7) is 1.53. The molecule has 0 bridgehead atoms. The molecule has 0 radical (unpaired) electrons. The lowest BCUT2D eigenvalue weighted by atomic mass is 10.4. The van der Waals surface area contributed by atoms with Crippen molar-refractivity contribution in [2.24, 2.45) is 11.6 Å². The first kappa shape index (κ1) is 7.26. The summed E-state index contributed by atoms with van der Waals surface area (Å²) < 4.78 is 0. The van der Waals surface area contributed by atoms with E-state index >= 15 is 0 Å². The number of allylic oxidation sites excluding steroid dienone is 1. The summed E-state index contributed by atoms with van der Waals surface area (Å²) in [5.41, 5.74) is 8.50. The molecule has 0 atom stereocenters. The third kappa shape index (κ3) is 1.81. The van der Waals surface area contributed by atoms with Crippen molar-refractivity contribution in [3.63, 3.8) is 0 Å². The van der Waals surface area contributed by atoms with Gasteiger partial charge < -0.3 is 16.3 Å². The van der Waals surface area contributed by atoms with Crippen molar-refractivity contribution in [3.8, 4) is 0 Å². The van der Waals surface area contributed by atoms with Crippen LogP contribution < -0.4 is 17.0 Å². The van der Waals surface area contributed by atoms with Gasteiger partial charge in [-0.1, -0.05) is 0 Å². The van der Waals surface area contributed by atoms with Crippen molar-refractivity contribution in [1.29, 1.82) is 0 Å². The van der Waals surface area contributed by atoms with Gasteiger partial charge in [0.05, 0.1) is 12.3 Å². The van der Waals surface area contributed by atoms with Gasteiger partial charge >= 0.3 is 0 Å². The SMILES string of the molecule is C/C(NN)=C(/N)CO. The summed E-state index contributed by atoms with van der Waals surface area (Å²) in [6, 6.07) is 0. The van der Waals surface area contributed by atoms with E-state index < -0.39 is 0 Å². The summed E-state index contributed by atoms with van der Waals surface area (Å²) in [7, 11) is 0. The molecule has 0 saturated carbocycles. The Hall–Kier alpha value is -0.740. The summed E-state index contributed by atoms with van der Waals surface area (Å²) in [6.07, 6.45) is 0. The van der Waals surface area contributed by atoms with Crippen LogP contribution in [0.5, 0.6) is 0 Å². The Morgan fingerprint density at radius 2 is 2.25 bits per heavy atom. The van der Waals surface area contributed by atoms with E-state index in [0.29, 0.717) is 11.4 Å². The Balaban J connectivity index is 3.83. The number of rotatable bonds is 2. The molecule has 0 amide bonds. The van der Waals surface area contributed by atoms with Crippen molar-refractivity contribution in [2.75, 3.05) is 6.61 Å². The van der Waals surface area contributed by atoms with E-state index in [1.54, 1.807) is 6.92 Å². The number of aliphatic hydroxyl groups is 1. The average Bonchev–Trinajstić information content (AvgIpc) is 1.84. The van der Waals surface area contributed by atoms with Crippen LogP contribution in [0.2, 0.25) is 0 Å². The molecule has 0 spiro atoms. The third-order valence-corrected chi connectivity index (χ3v) is 0.869. The van der Waals surface area contributed by atoms with Gasteiger partial charge in [-0.15, -0.1) is 0 Å². The van der Waals surface area contributed by atoms with Crippen LogP contribution in [-0.2, 0) is 0 Å². The van der Waals surface area contributed by atoms with Crippen molar-refractivity contribution in [1.82, 2.24) is 5.43 Å². The third-order valence-electron chi connectivity index (χ3n) is 0.869. The second kappa shape index (κ2) is 3.29. The van der Waals surface area contributed by atoms with E-state index in [4.69, 9.17) is 16.7 Å². The first-order chi connectivity index (χ1) is 3.72. The number of aliphatic hydroxyl groups excluding tert-OH is 1. The minimum Gasteiger partial charge on any atom is -0.399 e. The van der Waals surface area contributed by atoms with Crippen molar-refractivity contribution in [2.45, 2.75) is 6.92 Å². The van der Waals surface area contributed by atoms with Gasteiger partial charge in [-0.05, 0) is 6.92 Å². The smallest absolute Gasteiger partial charge is 0.0843 e. The van der Waals surface area contributed by atoms with Crippen LogP contribution >= 0.6 is 0 Å². The van der Waals surface area contributed by atoms with E-state index in [2.05, 4.69) is 5.43 Å². The standard InChI is InChI=1S/C4H11N3O/c1-3(7-6)4(5)2-8/h7-8H,2,5-6H2,1H3/b4-3-. The van der Waals surface area contributed by atoms with E-state index in [1.165, 1.54) is 0 Å². The van der Waals surface area contributed by atoms with Crippen LogP contribution in [0.15, 0.2) is 11.4 Å². The molecule has 8 heavy (non-hydrogen) atoms. The molecule has 0 rings (SSSR count). The summed E-state index contributed by atoms with van der Waals surface area (Å²) in [4.78, 5) is 0. The van der Waals surface area contributed by atoms with Crippen LogP contribution in [0.3, 0.4) is 0 Å². The summed E-state index contributed by atoms with van der Waals surface area (Å²) in [5.74, 6) is 4.95. The molecule has 0 heterocycles. The molecule has 4 heteroatoms. The number of hydrazine groups is 1. The van der Waals surface area contributed by atoms with Crippen LogP contribution in [0.4, 0.5) is 0 Å². The average molecular weight is 117 g/mol. The van der Waals surface area contributed by atoms with E-state index in [9.17, 15) is 0 Å². The summed E-state index contributed by atoms with van der Waals surface area (Å²) in [5, 5.41) is 8.36. The fourth-order valence-corrected chi connectivity index (χ4v) is 0.211. The van der Waals surface area contributed by atoms with E-state index in [0.717, 1.165) is 0 Å². The Labute approximate surface area is 48.1 Å². The van der Waals surface area contributed by atoms with Gasteiger partial charge in [0, 0.05) is 5.70 Å². The lowest BCUT2D eigenvalue weighted by molar-refractivity contribution is 0.327. The number of nitrogens with one attached hydrogen (secondary N) is 1. The fraction of sp³-hybridized carbons (Fsp3) is 0.500. The normalized spacial score (nSPS) is 12.9. The van der Waals surface area contributed by atoms with Crippen LogP contribution in [0.25, 0.3) is 0 Å². The summed E-state index contributed by atoms with van der Waals surface area (Å²) >= 11 is 0. The zero-order chi connectivity index (χ0) is 6.57.